The molecule has 0 radical (unpaired) electrons. The second-order valence-corrected chi connectivity index (χ2v) is 7.94. The summed E-state index contributed by atoms with van der Waals surface area (Å²) in [5.74, 6) is -0.678. The van der Waals surface area contributed by atoms with Crippen molar-refractivity contribution in [2.24, 2.45) is 0 Å². The molecule has 0 aliphatic heterocycles. The Morgan fingerprint density at radius 3 is 2.66 bits per heavy atom. The van der Waals surface area contributed by atoms with E-state index in [0.29, 0.717) is 11.3 Å². The van der Waals surface area contributed by atoms with Gasteiger partial charge in [0.25, 0.3) is 0 Å². The molecule has 0 saturated heterocycles. The summed E-state index contributed by atoms with van der Waals surface area (Å²) in [6.07, 6.45) is 8.45. The minimum Gasteiger partial charge on any atom is -0.351 e. The van der Waals surface area contributed by atoms with Crippen LogP contribution in [0.15, 0.2) is 35.1 Å². The number of rotatable bonds is 7. The summed E-state index contributed by atoms with van der Waals surface area (Å²) >= 11 is 5.89. The molecule has 1 unspecified atom stereocenters. The highest BCUT2D eigenvalue weighted by Gasteiger charge is 2.36. The number of nitrogens with zero attached hydrogens (tertiary/aromatic N) is 3. The first kappa shape index (κ1) is 21.3. The van der Waals surface area contributed by atoms with E-state index in [1.165, 1.54) is 11.3 Å². The molecule has 156 valence electrons. The van der Waals surface area contributed by atoms with Gasteiger partial charge in [0.15, 0.2) is 0 Å². The van der Waals surface area contributed by atoms with Gasteiger partial charge in [-0.1, -0.05) is 44.3 Å². The minimum absolute atomic E-state index is 0.101. The predicted molar refractivity (Wildman–Crippen MR) is 111 cm³/mol. The van der Waals surface area contributed by atoms with Crippen LogP contribution in [-0.2, 0) is 9.59 Å². The van der Waals surface area contributed by atoms with Crippen molar-refractivity contribution in [1.82, 2.24) is 15.5 Å². The molecular formula is C21H27ClN4O3. The Balaban J connectivity index is 1.98. The zero-order chi connectivity index (χ0) is 20.8. The molecule has 0 bridgehead atoms. The molecule has 1 fully saturated rings. The van der Waals surface area contributed by atoms with Crippen molar-refractivity contribution < 1.29 is 14.1 Å². The van der Waals surface area contributed by atoms with Crippen molar-refractivity contribution in [3.05, 3.63) is 41.9 Å². The number of carbonyl (C=O) groups is 2. The largest absolute Gasteiger partial charge is 0.351 e. The fourth-order valence-corrected chi connectivity index (χ4v) is 3.73. The highest BCUT2D eigenvalue weighted by atomic mass is 35.5. The van der Waals surface area contributed by atoms with E-state index in [1.807, 2.05) is 13.8 Å². The summed E-state index contributed by atoms with van der Waals surface area (Å²) in [5, 5.41) is 7.16. The summed E-state index contributed by atoms with van der Waals surface area (Å²) in [5.41, 5.74) is 1.28. The van der Waals surface area contributed by atoms with Gasteiger partial charge in [0, 0.05) is 30.1 Å². The summed E-state index contributed by atoms with van der Waals surface area (Å²) < 4.78 is 5.45. The van der Waals surface area contributed by atoms with Crippen LogP contribution in [0.3, 0.4) is 0 Å². The number of amides is 2. The Hall–Kier alpha value is -2.41. The van der Waals surface area contributed by atoms with Gasteiger partial charge in [-0.3, -0.25) is 19.5 Å². The van der Waals surface area contributed by atoms with E-state index in [9.17, 15) is 9.59 Å². The molecule has 2 aromatic rings. The summed E-state index contributed by atoms with van der Waals surface area (Å²) in [6, 6.07) is 4.35. The molecule has 1 saturated carbocycles. The molecular weight excluding hydrogens is 392 g/mol. The number of aromatic nitrogens is 2. The molecule has 1 atom stereocenters. The number of alkyl halides is 1. The standard InChI is InChI=1S/C21H27ClN4O3/c1-14(2)17-11-19(29-25-17)26(18(27)12-22)20(15-7-6-10-23-13-15)21(28)24-16-8-4-3-5-9-16/h6-7,10-11,13-14,16,20H,3-5,8-9,12H2,1-2H3,(H,24,28). The van der Waals surface area contributed by atoms with Crippen LogP contribution in [0, 0.1) is 0 Å². The second-order valence-electron chi connectivity index (χ2n) is 7.67. The third-order valence-electron chi connectivity index (χ3n) is 5.19. The van der Waals surface area contributed by atoms with Crippen LogP contribution in [0.25, 0.3) is 0 Å². The maximum absolute atomic E-state index is 13.3. The van der Waals surface area contributed by atoms with Gasteiger partial charge in [-0.2, -0.15) is 0 Å². The molecule has 2 amide bonds. The van der Waals surface area contributed by atoms with Crippen LogP contribution in [0.1, 0.15) is 69.2 Å². The Kier molecular flexibility index (Phi) is 7.25. The fraction of sp³-hybridized carbons (Fsp3) is 0.524. The normalized spacial score (nSPS) is 15.9. The van der Waals surface area contributed by atoms with E-state index < -0.39 is 11.9 Å². The van der Waals surface area contributed by atoms with Crippen LogP contribution in [-0.4, -0.2) is 33.9 Å². The Morgan fingerprint density at radius 2 is 2.07 bits per heavy atom. The van der Waals surface area contributed by atoms with Gasteiger partial charge in [-0.15, -0.1) is 11.6 Å². The number of pyridine rings is 1. The summed E-state index contributed by atoms with van der Waals surface area (Å²) in [6.45, 7) is 3.95. The third-order valence-corrected chi connectivity index (χ3v) is 5.41. The first-order valence-corrected chi connectivity index (χ1v) is 10.6. The van der Waals surface area contributed by atoms with E-state index in [4.69, 9.17) is 16.1 Å². The Morgan fingerprint density at radius 1 is 1.31 bits per heavy atom. The van der Waals surface area contributed by atoms with Crippen molar-refractivity contribution in [3.8, 4) is 0 Å². The smallest absolute Gasteiger partial charge is 0.248 e. The molecule has 8 heteroatoms. The van der Waals surface area contributed by atoms with Gasteiger partial charge in [-0.05, 0) is 24.8 Å². The summed E-state index contributed by atoms with van der Waals surface area (Å²) in [7, 11) is 0. The zero-order valence-electron chi connectivity index (χ0n) is 16.8. The highest BCUT2D eigenvalue weighted by molar-refractivity contribution is 6.29. The molecule has 2 heterocycles. The average molecular weight is 419 g/mol. The van der Waals surface area contributed by atoms with Crippen molar-refractivity contribution in [3.63, 3.8) is 0 Å². The molecule has 3 rings (SSSR count). The quantitative estimate of drug-likeness (QED) is 0.687. The molecule has 1 aliphatic rings. The fourth-order valence-electron chi connectivity index (χ4n) is 3.61. The van der Waals surface area contributed by atoms with E-state index in [2.05, 4.69) is 15.5 Å². The second kappa shape index (κ2) is 9.87. The molecule has 1 aliphatic carbocycles. The number of halogens is 1. The third kappa shape index (κ3) is 5.15. The molecule has 0 spiro atoms. The Labute approximate surface area is 175 Å². The van der Waals surface area contributed by atoms with Gasteiger partial charge < -0.3 is 9.84 Å². The monoisotopic (exact) mass is 418 g/mol. The van der Waals surface area contributed by atoms with Gasteiger partial charge >= 0.3 is 0 Å². The number of hydrogen-bond donors (Lipinski definition) is 1. The zero-order valence-corrected chi connectivity index (χ0v) is 17.6. The first-order chi connectivity index (χ1) is 14.0. The minimum atomic E-state index is -0.940. The SMILES string of the molecule is CC(C)c1cc(N(C(=O)CCl)C(C(=O)NC2CCCCC2)c2cccnc2)on1. The van der Waals surface area contributed by atoms with Crippen LogP contribution in [0.4, 0.5) is 5.88 Å². The molecule has 2 aromatic heterocycles. The van der Waals surface area contributed by atoms with Crippen LogP contribution in [0.2, 0.25) is 0 Å². The lowest BCUT2D eigenvalue weighted by Gasteiger charge is -2.31. The van der Waals surface area contributed by atoms with Crippen molar-refractivity contribution in [2.45, 2.75) is 64.0 Å². The van der Waals surface area contributed by atoms with Crippen LogP contribution in [0.5, 0.6) is 0 Å². The maximum Gasteiger partial charge on any atom is 0.248 e. The molecule has 7 nitrogen and oxygen atoms in total. The topological polar surface area (TPSA) is 88.3 Å². The number of hydrogen-bond acceptors (Lipinski definition) is 5. The number of nitrogens with one attached hydrogen (secondary N) is 1. The van der Waals surface area contributed by atoms with Crippen molar-refractivity contribution in [1.29, 1.82) is 0 Å². The van der Waals surface area contributed by atoms with Crippen molar-refractivity contribution in [2.75, 3.05) is 10.8 Å². The average Bonchev–Trinajstić information content (AvgIpc) is 3.22. The van der Waals surface area contributed by atoms with Crippen LogP contribution >= 0.6 is 11.6 Å². The first-order valence-electron chi connectivity index (χ1n) is 10.1. The van der Waals surface area contributed by atoms with E-state index in [-0.39, 0.29) is 29.6 Å². The van der Waals surface area contributed by atoms with Gasteiger partial charge in [-0.25, -0.2) is 0 Å². The number of carbonyl (C=O) groups excluding carboxylic acids is 2. The van der Waals surface area contributed by atoms with E-state index in [0.717, 1.165) is 25.7 Å². The Bertz CT molecular complexity index is 818. The lowest BCUT2D eigenvalue weighted by atomic mass is 9.95. The molecule has 1 N–H and O–H groups in total. The lowest BCUT2D eigenvalue weighted by molar-refractivity contribution is -0.126. The highest BCUT2D eigenvalue weighted by Crippen LogP contribution is 2.31. The van der Waals surface area contributed by atoms with Crippen molar-refractivity contribution >= 4 is 29.3 Å². The van der Waals surface area contributed by atoms with Gasteiger partial charge in [0.2, 0.25) is 17.7 Å². The van der Waals surface area contributed by atoms with Crippen LogP contribution < -0.4 is 10.2 Å². The maximum atomic E-state index is 13.3. The van der Waals surface area contributed by atoms with E-state index >= 15 is 0 Å². The molecule has 0 aromatic carbocycles. The van der Waals surface area contributed by atoms with E-state index in [1.54, 1.807) is 30.6 Å². The summed E-state index contributed by atoms with van der Waals surface area (Å²) in [4.78, 5) is 31.6. The van der Waals surface area contributed by atoms with Gasteiger partial charge in [0.1, 0.15) is 11.9 Å². The molecule has 29 heavy (non-hydrogen) atoms. The van der Waals surface area contributed by atoms with Gasteiger partial charge in [0.05, 0.1) is 5.69 Å². The number of anilines is 1. The lowest BCUT2D eigenvalue weighted by Crippen LogP contribution is -2.47. The predicted octanol–water partition coefficient (Wildman–Crippen LogP) is 3.96.